The van der Waals surface area contributed by atoms with Crippen LogP contribution in [0.5, 0.6) is 0 Å². The maximum Gasteiger partial charge on any atom is 0.315 e. The summed E-state index contributed by atoms with van der Waals surface area (Å²) in [5, 5.41) is 14.1. The van der Waals surface area contributed by atoms with Crippen LogP contribution >= 0.6 is 0 Å². The number of urea groups is 1. The molecule has 7 nitrogen and oxygen atoms in total. The number of hydrogen-bond acceptors (Lipinski definition) is 4. The number of nitrogens with one attached hydrogen (secondary N) is 2. The number of nitrogens with zero attached hydrogens (tertiary/aromatic N) is 3. The molecule has 2 amide bonds. The first-order valence-electron chi connectivity index (χ1n) is 8.13. The molecule has 2 atom stereocenters. The first-order chi connectivity index (χ1) is 10.5. The van der Waals surface area contributed by atoms with Gasteiger partial charge in [-0.15, -0.1) is 10.2 Å². The fraction of sp³-hybridized carbons (Fsp3) is 0.812. The van der Waals surface area contributed by atoms with Crippen molar-refractivity contribution in [2.45, 2.75) is 71.2 Å². The minimum atomic E-state index is -0.390. The number of aryl methyl sites for hydroxylation is 1. The molecule has 1 aliphatic rings. The van der Waals surface area contributed by atoms with Gasteiger partial charge in [-0.05, 0) is 40.0 Å². The van der Waals surface area contributed by atoms with E-state index in [0.717, 1.165) is 12.2 Å². The highest BCUT2D eigenvalue weighted by Crippen LogP contribution is 2.37. The average molecular weight is 323 g/mol. The monoisotopic (exact) mass is 323 g/mol. The van der Waals surface area contributed by atoms with Gasteiger partial charge in [0.1, 0.15) is 6.33 Å². The van der Waals surface area contributed by atoms with Crippen molar-refractivity contribution in [3.63, 3.8) is 0 Å². The molecule has 2 rings (SSSR count). The number of amides is 2. The summed E-state index contributed by atoms with van der Waals surface area (Å²) in [5.74, 6) is 0.949. The molecule has 23 heavy (non-hydrogen) atoms. The zero-order valence-corrected chi connectivity index (χ0v) is 15.2. The van der Waals surface area contributed by atoms with Gasteiger partial charge >= 0.3 is 6.03 Å². The number of carbonyl (C=O) groups excluding carboxylic acids is 1. The van der Waals surface area contributed by atoms with Gasteiger partial charge in [-0.3, -0.25) is 0 Å². The van der Waals surface area contributed by atoms with Gasteiger partial charge in [-0.25, -0.2) is 4.79 Å². The first-order valence-corrected chi connectivity index (χ1v) is 8.13. The summed E-state index contributed by atoms with van der Waals surface area (Å²) in [4.78, 5) is 12.5. The third-order valence-corrected chi connectivity index (χ3v) is 4.36. The highest BCUT2D eigenvalue weighted by molar-refractivity contribution is 5.75. The van der Waals surface area contributed by atoms with Gasteiger partial charge in [-0.2, -0.15) is 0 Å². The van der Waals surface area contributed by atoms with Crippen molar-refractivity contribution in [2.75, 3.05) is 0 Å². The van der Waals surface area contributed by atoms with Crippen molar-refractivity contribution < 1.29 is 9.53 Å². The van der Waals surface area contributed by atoms with E-state index in [1.165, 1.54) is 0 Å². The van der Waals surface area contributed by atoms with E-state index in [1.54, 1.807) is 6.33 Å². The highest BCUT2D eigenvalue weighted by atomic mass is 16.5. The lowest BCUT2D eigenvalue weighted by atomic mass is 9.94. The molecular formula is C16H29N5O2. The number of aromatic nitrogens is 3. The first kappa shape index (κ1) is 17.7. The molecular weight excluding hydrogens is 294 g/mol. The van der Waals surface area contributed by atoms with Crippen molar-refractivity contribution in [3.05, 3.63) is 12.2 Å². The van der Waals surface area contributed by atoms with E-state index in [4.69, 9.17) is 4.74 Å². The minimum Gasteiger partial charge on any atom is -0.367 e. The van der Waals surface area contributed by atoms with Crippen LogP contribution in [0.2, 0.25) is 0 Å². The second kappa shape index (κ2) is 6.11. The summed E-state index contributed by atoms with van der Waals surface area (Å²) < 4.78 is 7.85. The van der Waals surface area contributed by atoms with Crippen LogP contribution in [-0.4, -0.2) is 38.0 Å². The van der Waals surface area contributed by atoms with Crippen LogP contribution in [0.3, 0.4) is 0 Å². The molecule has 2 unspecified atom stereocenters. The molecule has 7 heteroatoms. The summed E-state index contributed by atoms with van der Waals surface area (Å²) in [7, 11) is 1.88. The average Bonchev–Trinajstić information content (AvgIpc) is 2.87. The van der Waals surface area contributed by atoms with Gasteiger partial charge in [-0.1, -0.05) is 13.8 Å². The quantitative estimate of drug-likeness (QED) is 0.889. The van der Waals surface area contributed by atoms with E-state index < -0.39 is 0 Å². The van der Waals surface area contributed by atoms with Crippen molar-refractivity contribution in [1.29, 1.82) is 0 Å². The van der Waals surface area contributed by atoms with Gasteiger partial charge < -0.3 is 19.9 Å². The van der Waals surface area contributed by atoms with Crippen LogP contribution in [-0.2, 0) is 11.8 Å². The Morgan fingerprint density at radius 3 is 2.48 bits per heavy atom. The molecule has 0 radical (unpaired) electrons. The second-order valence-corrected chi connectivity index (χ2v) is 7.86. The molecule has 1 saturated heterocycles. The van der Waals surface area contributed by atoms with E-state index in [9.17, 15) is 4.79 Å². The third kappa shape index (κ3) is 4.02. The number of rotatable bonds is 4. The SMILES string of the molecule is CC(C)C(NC(=O)NC1CC(C)(C)OC1(C)C)c1nncn1C. The summed E-state index contributed by atoms with van der Waals surface area (Å²) in [6, 6.07) is -0.433. The molecule has 2 N–H and O–H groups in total. The molecule has 1 aromatic heterocycles. The maximum absolute atomic E-state index is 12.5. The Kier molecular flexibility index (Phi) is 4.71. The Bertz CT molecular complexity index is 565. The summed E-state index contributed by atoms with van der Waals surface area (Å²) in [5.41, 5.74) is -0.624. The largest absolute Gasteiger partial charge is 0.367 e. The predicted octanol–water partition coefficient (Wildman–Crippen LogP) is 2.16. The standard InChI is InChI=1S/C16H29N5O2/c1-10(2)12(13-20-17-9-21(13)7)19-14(22)18-11-8-15(3,4)23-16(11,5)6/h9-12H,8H2,1-7H3,(H2,18,19,22). The molecule has 1 aromatic rings. The van der Waals surface area contributed by atoms with E-state index in [2.05, 4.69) is 20.8 Å². The topological polar surface area (TPSA) is 81.1 Å². The van der Waals surface area contributed by atoms with E-state index in [-0.39, 0.29) is 35.2 Å². The molecule has 0 saturated carbocycles. The number of carbonyl (C=O) groups is 1. The molecule has 0 bridgehead atoms. The Morgan fingerprint density at radius 1 is 1.39 bits per heavy atom. The Labute approximate surface area is 138 Å². The second-order valence-electron chi connectivity index (χ2n) is 7.86. The van der Waals surface area contributed by atoms with Crippen molar-refractivity contribution in [1.82, 2.24) is 25.4 Å². The Morgan fingerprint density at radius 2 is 2.04 bits per heavy atom. The molecule has 0 aliphatic carbocycles. The van der Waals surface area contributed by atoms with E-state index in [0.29, 0.717) is 0 Å². The smallest absolute Gasteiger partial charge is 0.315 e. The van der Waals surface area contributed by atoms with E-state index in [1.807, 2.05) is 53.2 Å². The lowest BCUT2D eigenvalue weighted by Gasteiger charge is -2.29. The normalized spacial score (nSPS) is 23.7. The molecule has 2 heterocycles. The van der Waals surface area contributed by atoms with Gasteiger partial charge in [0, 0.05) is 7.05 Å². The fourth-order valence-electron chi connectivity index (χ4n) is 3.23. The predicted molar refractivity (Wildman–Crippen MR) is 87.9 cm³/mol. The zero-order valence-electron chi connectivity index (χ0n) is 15.2. The lowest BCUT2D eigenvalue weighted by molar-refractivity contribution is -0.0691. The zero-order chi connectivity index (χ0) is 17.4. The van der Waals surface area contributed by atoms with Crippen molar-refractivity contribution >= 4 is 6.03 Å². The maximum atomic E-state index is 12.5. The van der Waals surface area contributed by atoms with Crippen LogP contribution in [0.1, 0.15) is 59.8 Å². The van der Waals surface area contributed by atoms with Crippen LogP contribution in [0.15, 0.2) is 6.33 Å². The van der Waals surface area contributed by atoms with Crippen molar-refractivity contribution in [2.24, 2.45) is 13.0 Å². The van der Waals surface area contributed by atoms with Crippen LogP contribution in [0, 0.1) is 5.92 Å². The van der Waals surface area contributed by atoms with Gasteiger partial charge in [0.2, 0.25) is 0 Å². The summed E-state index contributed by atoms with van der Waals surface area (Å²) in [6.45, 7) is 12.2. The van der Waals surface area contributed by atoms with Gasteiger partial charge in [0.25, 0.3) is 0 Å². The Balaban J connectivity index is 2.05. The number of hydrogen-bond donors (Lipinski definition) is 2. The van der Waals surface area contributed by atoms with E-state index >= 15 is 0 Å². The van der Waals surface area contributed by atoms with Crippen LogP contribution in [0.25, 0.3) is 0 Å². The molecule has 0 spiro atoms. The van der Waals surface area contributed by atoms with Crippen molar-refractivity contribution in [3.8, 4) is 0 Å². The summed E-state index contributed by atoms with van der Waals surface area (Å²) in [6.07, 6.45) is 2.42. The lowest BCUT2D eigenvalue weighted by Crippen LogP contribution is -2.51. The molecule has 1 fully saturated rings. The summed E-state index contributed by atoms with van der Waals surface area (Å²) >= 11 is 0. The highest BCUT2D eigenvalue weighted by Gasteiger charge is 2.46. The van der Waals surface area contributed by atoms with Gasteiger partial charge in [0.15, 0.2) is 5.82 Å². The fourth-order valence-corrected chi connectivity index (χ4v) is 3.23. The van der Waals surface area contributed by atoms with Crippen LogP contribution in [0.4, 0.5) is 4.79 Å². The van der Waals surface area contributed by atoms with Crippen LogP contribution < -0.4 is 10.6 Å². The molecule has 1 aliphatic heterocycles. The molecule has 0 aromatic carbocycles. The third-order valence-electron chi connectivity index (χ3n) is 4.36. The molecule has 130 valence electrons. The minimum absolute atomic E-state index is 0.0372. The Hall–Kier alpha value is -1.63. The number of ether oxygens (including phenoxy) is 1. The van der Waals surface area contributed by atoms with Gasteiger partial charge in [0.05, 0.1) is 23.3 Å².